The zero-order valence-electron chi connectivity index (χ0n) is 37.1. The van der Waals surface area contributed by atoms with Gasteiger partial charge in [-0.15, -0.1) is 0 Å². The number of nitrogens with zero attached hydrogens (tertiary/aromatic N) is 5. The molecule has 6 aromatic rings. The molecular weight excluding hydrogens is 707 g/mol. The van der Waals surface area contributed by atoms with Gasteiger partial charge in [-0.1, -0.05) is 111 Å². The molecule has 2 aromatic heterocycles. The number of benzene rings is 4. The number of aryl methyl sites for hydroxylation is 1. The molecule has 5 nitrogen and oxygen atoms in total. The Morgan fingerprint density at radius 1 is 0.672 bits per heavy atom. The minimum atomic E-state index is -0.275. The topological polar surface area (TPSA) is 36.7 Å². The van der Waals surface area contributed by atoms with E-state index < -0.39 is 0 Å². The first-order valence-electron chi connectivity index (χ1n) is 21.8. The molecule has 5 heteroatoms. The van der Waals surface area contributed by atoms with E-state index in [-0.39, 0.29) is 27.3 Å². The second kappa shape index (κ2) is 13.1. The molecule has 0 bridgehead atoms. The van der Waals surface area contributed by atoms with Crippen molar-refractivity contribution in [3.63, 3.8) is 0 Å². The Kier molecular flexibility index (Phi) is 8.69. The van der Waals surface area contributed by atoms with Crippen LogP contribution in [0.4, 0.5) is 17.1 Å². The van der Waals surface area contributed by atoms with Crippen LogP contribution in [0.3, 0.4) is 0 Å². The van der Waals surface area contributed by atoms with Gasteiger partial charge in [0, 0.05) is 39.7 Å². The van der Waals surface area contributed by atoms with Crippen molar-refractivity contribution in [2.24, 2.45) is 10.4 Å². The number of fused-ring (bicyclic) bond motifs is 5. The predicted octanol–water partition coefficient (Wildman–Crippen LogP) is 13.9. The third-order valence-electron chi connectivity index (χ3n) is 14.7. The van der Waals surface area contributed by atoms with Gasteiger partial charge in [0.15, 0.2) is 0 Å². The van der Waals surface area contributed by atoms with Gasteiger partial charge in [-0.05, 0) is 128 Å². The van der Waals surface area contributed by atoms with E-state index in [2.05, 4.69) is 188 Å². The van der Waals surface area contributed by atoms with Crippen LogP contribution in [-0.4, -0.2) is 37.4 Å². The molecule has 0 spiro atoms. The second-order valence-electron chi connectivity index (χ2n) is 20.9. The fourth-order valence-electron chi connectivity index (χ4n) is 10.9. The minimum absolute atomic E-state index is 0.00125. The summed E-state index contributed by atoms with van der Waals surface area (Å²) in [6.45, 7) is 28.3. The van der Waals surface area contributed by atoms with Gasteiger partial charge in [-0.2, -0.15) is 0 Å². The summed E-state index contributed by atoms with van der Waals surface area (Å²) in [6, 6.07) is 35.0. The van der Waals surface area contributed by atoms with Crippen molar-refractivity contribution in [3.8, 4) is 5.82 Å². The van der Waals surface area contributed by atoms with Crippen molar-refractivity contribution < 1.29 is 0 Å². The molecule has 0 radical (unpaired) electrons. The SMILES string of the molecule is Cc1cc(C2=N[C@](C)(C(C)(C)C)C(C)(C)N2C2CCCCC2)cc(N2c3ccccc3C(C)(C)c3cc4c5ccccc5n(-c5cc(C(C)(C)C)ccn5)c4cc32)c1. The van der Waals surface area contributed by atoms with E-state index in [4.69, 9.17) is 9.98 Å². The van der Waals surface area contributed by atoms with Crippen molar-refractivity contribution in [3.05, 3.63) is 125 Å². The summed E-state index contributed by atoms with van der Waals surface area (Å²) in [6.07, 6.45) is 8.32. The van der Waals surface area contributed by atoms with Crippen LogP contribution in [0.2, 0.25) is 0 Å². The molecule has 1 saturated carbocycles. The first kappa shape index (κ1) is 38.6. The minimum Gasteiger partial charge on any atom is -0.346 e. The van der Waals surface area contributed by atoms with Crippen molar-refractivity contribution in [2.75, 3.05) is 4.90 Å². The third kappa shape index (κ3) is 5.69. The van der Waals surface area contributed by atoms with Crippen LogP contribution < -0.4 is 4.90 Å². The maximum Gasteiger partial charge on any atom is 0.137 e. The number of hydrogen-bond donors (Lipinski definition) is 0. The number of aromatic nitrogens is 2. The molecule has 0 saturated heterocycles. The number of amidine groups is 1. The van der Waals surface area contributed by atoms with Gasteiger partial charge < -0.3 is 9.80 Å². The highest BCUT2D eigenvalue weighted by molar-refractivity contribution is 6.11. The van der Waals surface area contributed by atoms with Crippen LogP contribution in [0, 0.1) is 12.3 Å². The molecule has 1 aliphatic carbocycles. The highest BCUT2D eigenvalue weighted by atomic mass is 15.4. The number of hydrogen-bond acceptors (Lipinski definition) is 4. The fourth-order valence-corrected chi connectivity index (χ4v) is 10.9. The van der Waals surface area contributed by atoms with Crippen LogP contribution in [0.25, 0.3) is 27.6 Å². The van der Waals surface area contributed by atoms with E-state index >= 15 is 0 Å². The molecule has 0 unspecified atom stereocenters. The van der Waals surface area contributed by atoms with E-state index in [0.29, 0.717) is 6.04 Å². The molecule has 300 valence electrons. The molecular formula is C53H63N5. The summed E-state index contributed by atoms with van der Waals surface area (Å²) < 4.78 is 2.39. The molecule has 9 rings (SSSR count). The van der Waals surface area contributed by atoms with Crippen LogP contribution in [0.1, 0.15) is 136 Å². The predicted molar refractivity (Wildman–Crippen MR) is 246 cm³/mol. The average molecular weight is 770 g/mol. The fraction of sp³-hybridized carbons (Fsp3) is 0.434. The zero-order chi connectivity index (χ0) is 41.2. The summed E-state index contributed by atoms with van der Waals surface area (Å²) in [7, 11) is 0. The molecule has 1 atom stereocenters. The Morgan fingerprint density at radius 3 is 2.10 bits per heavy atom. The monoisotopic (exact) mass is 770 g/mol. The highest BCUT2D eigenvalue weighted by Crippen LogP contribution is 2.55. The highest BCUT2D eigenvalue weighted by Gasteiger charge is 2.59. The Balaban J connectivity index is 1.30. The van der Waals surface area contributed by atoms with Crippen LogP contribution >= 0.6 is 0 Å². The molecule has 4 heterocycles. The Bertz CT molecular complexity index is 2620. The number of para-hydroxylation sites is 2. The lowest BCUT2D eigenvalue weighted by atomic mass is 9.64. The van der Waals surface area contributed by atoms with Gasteiger partial charge in [0.05, 0.1) is 33.5 Å². The van der Waals surface area contributed by atoms with Crippen molar-refractivity contribution in [1.29, 1.82) is 0 Å². The lowest BCUT2D eigenvalue weighted by Crippen LogP contribution is -2.62. The maximum absolute atomic E-state index is 5.86. The lowest BCUT2D eigenvalue weighted by molar-refractivity contribution is 0.0331. The molecule has 2 aliphatic heterocycles. The van der Waals surface area contributed by atoms with Gasteiger partial charge >= 0.3 is 0 Å². The van der Waals surface area contributed by atoms with Gasteiger partial charge in [-0.3, -0.25) is 9.56 Å². The lowest BCUT2D eigenvalue weighted by Gasteiger charge is -2.52. The molecule has 3 aliphatic rings. The summed E-state index contributed by atoms with van der Waals surface area (Å²) >= 11 is 0. The van der Waals surface area contributed by atoms with Crippen LogP contribution in [-0.2, 0) is 10.8 Å². The van der Waals surface area contributed by atoms with Gasteiger partial charge in [0.2, 0.25) is 0 Å². The smallest absolute Gasteiger partial charge is 0.137 e. The standard InChI is InChI=1S/C53H63N5/c1-34-28-35(48-55-53(12,50(5,6)7)52(10,11)58(48)37-20-14-13-15-21-37)30-38(29-34)56-44-25-19-17-23-41(44)51(8,9)42-32-40-39-22-16-18-24-43(39)57(45(40)33-46(42)56)47-31-36(26-27-54-47)49(2,3)4/h16-19,22-33,37H,13-15,20-21H2,1-12H3/t53-/m1/s1. The van der Waals surface area contributed by atoms with E-state index in [1.807, 2.05) is 6.20 Å². The van der Waals surface area contributed by atoms with E-state index in [0.717, 1.165) is 17.2 Å². The quantitative estimate of drug-likeness (QED) is 0.179. The first-order valence-corrected chi connectivity index (χ1v) is 21.8. The van der Waals surface area contributed by atoms with Gasteiger partial charge in [-0.25, -0.2) is 4.98 Å². The zero-order valence-corrected chi connectivity index (χ0v) is 37.1. The normalized spacial score (nSPS) is 20.7. The molecule has 0 N–H and O–H groups in total. The summed E-state index contributed by atoms with van der Waals surface area (Å²) in [5, 5.41) is 2.50. The number of anilines is 3. The second-order valence-corrected chi connectivity index (χ2v) is 20.9. The van der Waals surface area contributed by atoms with Gasteiger partial charge in [0.25, 0.3) is 0 Å². The van der Waals surface area contributed by atoms with E-state index in [1.165, 1.54) is 93.3 Å². The number of rotatable bonds is 4. The van der Waals surface area contributed by atoms with E-state index in [1.54, 1.807) is 0 Å². The van der Waals surface area contributed by atoms with Crippen molar-refractivity contribution in [1.82, 2.24) is 14.5 Å². The maximum atomic E-state index is 5.86. The Hall–Kier alpha value is -4.90. The van der Waals surface area contributed by atoms with Crippen molar-refractivity contribution in [2.45, 2.75) is 143 Å². The largest absolute Gasteiger partial charge is 0.346 e. The van der Waals surface area contributed by atoms with Crippen LogP contribution in [0.15, 0.2) is 102 Å². The number of pyridine rings is 1. The Labute approximate surface area is 347 Å². The van der Waals surface area contributed by atoms with Crippen LogP contribution in [0.5, 0.6) is 0 Å². The summed E-state index contributed by atoms with van der Waals surface area (Å²) in [5.41, 5.74) is 11.6. The van der Waals surface area contributed by atoms with Gasteiger partial charge in [0.1, 0.15) is 11.7 Å². The molecule has 1 fully saturated rings. The average Bonchev–Trinajstić information content (AvgIpc) is 3.61. The third-order valence-corrected chi connectivity index (χ3v) is 14.7. The first-order chi connectivity index (χ1) is 27.3. The number of aliphatic imine (C=N–C) groups is 1. The summed E-state index contributed by atoms with van der Waals surface area (Å²) in [5.74, 6) is 2.11. The van der Waals surface area contributed by atoms with E-state index in [9.17, 15) is 0 Å². The molecule has 4 aromatic carbocycles. The molecule has 58 heavy (non-hydrogen) atoms. The summed E-state index contributed by atoms with van der Waals surface area (Å²) in [4.78, 5) is 16.2. The molecule has 0 amide bonds. The van der Waals surface area contributed by atoms with Crippen molar-refractivity contribution >= 4 is 44.7 Å². The Morgan fingerprint density at radius 2 is 1.38 bits per heavy atom.